The van der Waals surface area contributed by atoms with E-state index in [0.717, 1.165) is 60.5 Å². The van der Waals surface area contributed by atoms with Crippen molar-refractivity contribution in [2.24, 2.45) is 0 Å². The van der Waals surface area contributed by atoms with E-state index >= 15 is 0 Å². The van der Waals surface area contributed by atoms with Gasteiger partial charge in [0.05, 0.1) is 48.5 Å². The van der Waals surface area contributed by atoms with Crippen LogP contribution in [0.4, 0.5) is 23.0 Å². The Morgan fingerprint density at radius 2 is 1.46 bits per heavy atom. The van der Waals surface area contributed by atoms with Crippen LogP contribution in [0.2, 0.25) is 0 Å². The van der Waals surface area contributed by atoms with Gasteiger partial charge in [0.1, 0.15) is 22.3 Å². The largest absolute Gasteiger partial charge is 0.507 e. The van der Waals surface area contributed by atoms with Gasteiger partial charge < -0.3 is 36.2 Å². The number of anilines is 4. The molecular formula is C39H45N13O3S. The summed E-state index contributed by atoms with van der Waals surface area (Å²) in [5, 5.41) is 40.9. The summed E-state index contributed by atoms with van der Waals surface area (Å²) in [7, 11) is 0. The van der Waals surface area contributed by atoms with E-state index in [0.29, 0.717) is 54.0 Å². The maximum absolute atomic E-state index is 10.4. The topological polar surface area (TPSA) is 197 Å². The summed E-state index contributed by atoms with van der Waals surface area (Å²) >= 11 is 1.62. The summed E-state index contributed by atoms with van der Waals surface area (Å²) in [5.41, 5.74) is 16.9. The number of piperazine rings is 2. The number of phenolic OH excluding ortho intramolecular Hbond substituents is 1. The molecule has 0 amide bonds. The summed E-state index contributed by atoms with van der Waals surface area (Å²) in [5.74, 6) is 2.39. The molecule has 0 bridgehead atoms. The van der Waals surface area contributed by atoms with Gasteiger partial charge in [0.15, 0.2) is 18.4 Å². The zero-order valence-electron chi connectivity index (χ0n) is 31.1. The van der Waals surface area contributed by atoms with Crippen molar-refractivity contribution in [3.8, 4) is 34.0 Å². The van der Waals surface area contributed by atoms with Crippen LogP contribution in [0.25, 0.3) is 22.5 Å². The third kappa shape index (κ3) is 7.92. The van der Waals surface area contributed by atoms with Crippen LogP contribution in [-0.2, 0) is 19.8 Å². The lowest BCUT2D eigenvalue weighted by atomic mass is 10.1. The van der Waals surface area contributed by atoms with Gasteiger partial charge in [0, 0.05) is 80.4 Å². The first kappa shape index (κ1) is 37.1. The Morgan fingerprint density at radius 3 is 2.16 bits per heavy atom. The van der Waals surface area contributed by atoms with Gasteiger partial charge in [-0.05, 0) is 43.3 Å². The number of ether oxygens (including phenoxy) is 1. The van der Waals surface area contributed by atoms with E-state index in [1.54, 1.807) is 29.7 Å². The van der Waals surface area contributed by atoms with Gasteiger partial charge in [-0.1, -0.05) is 24.3 Å². The molecule has 8 rings (SSSR count). The molecule has 0 saturated carbocycles. The molecule has 0 aliphatic carbocycles. The summed E-state index contributed by atoms with van der Waals surface area (Å²) in [6.07, 6.45) is 5.53. The van der Waals surface area contributed by atoms with Crippen molar-refractivity contribution in [3.05, 3.63) is 95.5 Å². The van der Waals surface area contributed by atoms with Crippen LogP contribution in [0.1, 0.15) is 17.8 Å². The highest BCUT2D eigenvalue weighted by atomic mass is 32.1. The standard InChI is InChI=1S/C39H45N13O3S/c1-26-20-50(32-18-30(44-46-38(32)40)28-6-2-4-8-34(28)54)15-13-48(26)22-36-42-10-12-52(36)25-55-35-9-5-3-7-29(35)31-19-33(39(41)47-45-31)51-16-14-49(27(21-51)24-53)23-37-43-11-17-56-37/h2-12,17-19,26-27,53-54H,13-16,20-25H2,1H3,(H2,40,46)(H2,41,47)/t26-,27?/m1/s1. The van der Waals surface area contributed by atoms with Crippen LogP contribution in [0.5, 0.6) is 11.5 Å². The van der Waals surface area contributed by atoms with Crippen LogP contribution in [0.3, 0.4) is 0 Å². The average molecular weight is 776 g/mol. The van der Waals surface area contributed by atoms with Crippen LogP contribution in [0, 0.1) is 0 Å². The Bertz CT molecular complexity index is 2250. The number of hydrogen-bond donors (Lipinski definition) is 4. The monoisotopic (exact) mass is 775 g/mol. The van der Waals surface area contributed by atoms with Gasteiger partial charge in [-0.3, -0.25) is 14.4 Å². The Balaban J connectivity index is 0.917. The number of thiazole rings is 1. The first-order valence-electron chi connectivity index (χ1n) is 18.6. The minimum absolute atomic E-state index is 0.0241. The molecule has 2 aromatic carbocycles. The lowest BCUT2D eigenvalue weighted by Crippen LogP contribution is -2.54. The van der Waals surface area contributed by atoms with Crippen LogP contribution in [0.15, 0.2) is 84.6 Å². The summed E-state index contributed by atoms with van der Waals surface area (Å²) in [4.78, 5) is 18.2. The van der Waals surface area contributed by atoms with E-state index in [4.69, 9.17) is 21.2 Å². The normalized spacial score (nSPS) is 18.0. The van der Waals surface area contributed by atoms with Crippen LogP contribution in [-0.4, -0.2) is 113 Å². The van der Waals surface area contributed by atoms with E-state index < -0.39 is 0 Å². The number of rotatable bonds is 12. The second-order valence-corrected chi connectivity index (χ2v) is 15.0. The second kappa shape index (κ2) is 16.5. The number of phenols is 1. The molecule has 1 unspecified atom stereocenters. The fourth-order valence-electron chi connectivity index (χ4n) is 7.42. The van der Waals surface area contributed by atoms with Gasteiger partial charge >= 0.3 is 0 Å². The number of nitrogen functional groups attached to an aromatic ring is 2. The number of aliphatic hydroxyl groups excluding tert-OH is 1. The molecule has 6 heterocycles. The first-order valence-corrected chi connectivity index (χ1v) is 19.5. The van der Waals surface area contributed by atoms with Crippen LogP contribution < -0.4 is 26.0 Å². The SMILES string of the molecule is C[C@@H]1CN(c2cc(-c3ccccc3O)nnc2N)CCN1Cc1nccn1COc1ccccc1-c1cc(N2CCN(Cc3nccs3)C(CO)C2)c(N)nn1. The lowest BCUT2D eigenvalue weighted by Gasteiger charge is -2.41. The highest BCUT2D eigenvalue weighted by Gasteiger charge is 2.30. The Hall–Kier alpha value is -5.88. The number of aromatic nitrogens is 7. The molecule has 0 spiro atoms. The van der Waals surface area contributed by atoms with Gasteiger partial charge in [0.25, 0.3) is 0 Å². The molecule has 6 aromatic rings. The number of hydrogen-bond acceptors (Lipinski definition) is 16. The van der Waals surface area contributed by atoms with Crippen LogP contribution >= 0.6 is 11.3 Å². The van der Waals surface area contributed by atoms with Gasteiger partial charge in [-0.15, -0.1) is 31.7 Å². The highest BCUT2D eigenvalue weighted by molar-refractivity contribution is 7.09. The zero-order chi connectivity index (χ0) is 38.6. The number of aromatic hydroxyl groups is 1. The van der Waals surface area contributed by atoms with Gasteiger partial charge in [-0.2, -0.15) is 0 Å². The maximum atomic E-state index is 10.4. The Morgan fingerprint density at radius 1 is 0.786 bits per heavy atom. The van der Waals surface area contributed by atoms with Crippen molar-refractivity contribution >= 4 is 34.3 Å². The minimum atomic E-state index is -0.0719. The Kier molecular flexibility index (Phi) is 10.9. The Labute approximate surface area is 328 Å². The highest BCUT2D eigenvalue weighted by Crippen LogP contribution is 2.35. The zero-order valence-corrected chi connectivity index (χ0v) is 31.9. The maximum Gasteiger partial charge on any atom is 0.169 e. The van der Waals surface area contributed by atoms with E-state index in [9.17, 15) is 10.2 Å². The number of para-hydroxylation sites is 2. The smallest absolute Gasteiger partial charge is 0.169 e. The van der Waals surface area contributed by atoms with Crippen molar-refractivity contribution in [2.45, 2.75) is 38.8 Å². The molecule has 2 aliphatic heterocycles. The van der Waals surface area contributed by atoms with Crippen molar-refractivity contribution in [1.82, 2.24) is 44.7 Å². The van der Waals surface area contributed by atoms with Crippen molar-refractivity contribution in [3.63, 3.8) is 0 Å². The molecule has 4 aromatic heterocycles. The van der Waals surface area contributed by atoms with Crippen molar-refractivity contribution in [2.75, 3.05) is 67.1 Å². The fourth-order valence-corrected chi connectivity index (χ4v) is 8.06. The number of nitrogens with two attached hydrogens (primary N) is 2. The third-order valence-electron chi connectivity index (χ3n) is 10.5. The molecule has 2 atom stereocenters. The molecule has 2 fully saturated rings. The predicted octanol–water partition coefficient (Wildman–Crippen LogP) is 3.55. The quantitative estimate of drug-likeness (QED) is 0.141. The molecule has 2 aliphatic rings. The molecular weight excluding hydrogens is 731 g/mol. The predicted molar refractivity (Wildman–Crippen MR) is 216 cm³/mol. The molecule has 6 N–H and O–H groups in total. The van der Waals surface area contributed by atoms with E-state index in [2.05, 4.69) is 51.9 Å². The minimum Gasteiger partial charge on any atom is -0.507 e. The molecule has 56 heavy (non-hydrogen) atoms. The van der Waals surface area contributed by atoms with E-state index in [1.807, 2.05) is 70.9 Å². The van der Waals surface area contributed by atoms with Gasteiger partial charge in [0.2, 0.25) is 0 Å². The number of imidazole rings is 1. The molecule has 290 valence electrons. The second-order valence-electron chi connectivity index (χ2n) is 14.0. The lowest BCUT2D eigenvalue weighted by molar-refractivity contribution is 0.105. The molecule has 17 heteroatoms. The molecule has 2 saturated heterocycles. The number of nitrogens with zero attached hydrogens (tertiary/aromatic N) is 11. The van der Waals surface area contributed by atoms with Crippen molar-refractivity contribution in [1.29, 1.82) is 0 Å². The number of benzene rings is 2. The summed E-state index contributed by atoms with van der Waals surface area (Å²) < 4.78 is 8.46. The van der Waals surface area contributed by atoms with E-state index in [1.165, 1.54) is 0 Å². The van der Waals surface area contributed by atoms with E-state index in [-0.39, 0.29) is 31.2 Å². The summed E-state index contributed by atoms with van der Waals surface area (Å²) in [6, 6.07) is 18.8. The third-order valence-corrected chi connectivity index (χ3v) is 11.3. The van der Waals surface area contributed by atoms with Gasteiger partial charge in [-0.25, -0.2) is 9.97 Å². The first-order chi connectivity index (χ1) is 27.3. The fraction of sp³-hybridized carbons (Fsp3) is 0.333. The molecule has 0 radical (unpaired) electrons. The molecule has 16 nitrogen and oxygen atoms in total. The van der Waals surface area contributed by atoms with Crippen molar-refractivity contribution < 1.29 is 14.9 Å². The average Bonchev–Trinajstić information content (AvgIpc) is 3.91. The number of aliphatic hydroxyl groups is 1. The summed E-state index contributed by atoms with van der Waals surface area (Å²) in [6.45, 7) is 8.13.